The van der Waals surface area contributed by atoms with E-state index in [1.54, 1.807) is 6.92 Å². The van der Waals surface area contributed by atoms with Crippen LogP contribution in [-0.4, -0.2) is 16.8 Å². The Kier molecular flexibility index (Phi) is 3.37. The van der Waals surface area contributed by atoms with Crippen LogP contribution in [0.5, 0.6) is 0 Å². The second kappa shape index (κ2) is 4.10. The number of alkyl halides is 1. The number of carbonyl (C=O) groups is 1. The molecule has 0 radical (unpaired) electrons. The molecular weight excluding hydrogens is 206 g/mol. The molecule has 2 atom stereocenters. The zero-order valence-corrected chi connectivity index (χ0v) is 8.36. The monoisotopic (exact) mass is 219 g/mol. The van der Waals surface area contributed by atoms with Crippen molar-refractivity contribution in [2.75, 3.05) is 0 Å². The molecule has 1 N–H and O–H groups in total. The van der Waals surface area contributed by atoms with Crippen molar-refractivity contribution in [3.63, 3.8) is 0 Å². The van der Waals surface area contributed by atoms with Gasteiger partial charge in [-0.2, -0.15) is 0 Å². The number of carbonyl (C=O) groups excluding carboxylic acids is 1. The van der Waals surface area contributed by atoms with E-state index < -0.39 is 0 Å². The second-order valence-corrected chi connectivity index (χ2v) is 4.28. The molecule has 3 heteroatoms. The van der Waals surface area contributed by atoms with Crippen molar-refractivity contribution in [1.29, 1.82) is 0 Å². The first-order valence-corrected chi connectivity index (χ1v) is 5.03. The van der Waals surface area contributed by atoms with Crippen LogP contribution in [0.15, 0.2) is 0 Å². The SMILES string of the molecule is CC(=O)NC1CCCCC1Br. The van der Waals surface area contributed by atoms with Gasteiger partial charge in [0.05, 0.1) is 0 Å². The molecule has 1 saturated carbocycles. The van der Waals surface area contributed by atoms with Crippen LogP contribution < -0.4 is 5.32 Å². The van der Waals surface area contributed by atoms with Gasteiger partial charge in [-0.1, -0.05) is 28.8 Å². The molecule has 11 heavy (non-hydrogen) atoms. The molecule has 0 saturated heterocycles. The minimum absolute atomic E-state index is 0.0846. The first kappa shape index (κ1) is 9.04. The Morgan fingerprint density at radius 2 is 2.09 bits per heavy atom. The van der Waals surface area contributed by atoms with Crippen molar-refractivity contribution in [1.82, 2.24) is 5.32 Å². The molecule has 2 nitrogen and oxygen atoms in total. The molecule has 2 unspecified atom stereocenters. The molecule has 1 fully saturated rings. The molecule has 1 rings (SSSR count). The van der Waals surface area contributed by atoms with Crippen LogP contribution in [0.4, 0.5) is 0 Å². The maximum absolute atomic E-state index is 10.7. The molecule has 1 amide bonds. The standard InChI is InChI=1S/C8H14BrNO/c1-6(11)10-8-5-3-2-4-7(8)9/h7-8H,2-5H2,1H3,(H,10,11). The van der Waals surface area contributed by atoms with Crippen molar-refractivity contribution in [2.24, 2.45) is 0 Å². The Morgan fingerprint density at radius 3 is 2.64 bits per heavy atom. The van der Waals surface area contributed by atoms with E-state index >= 15 is 0 Å². The maximum Gasteiger partial charge on any atom is 0.217 e. The van der Waals surface area contributed by atoms with Gasteiger partial charge in [-0.05, 0) is 12.8 Å². The topological polar surface area (TPSA) is 29.1 Å². The molecule has 1 aliphatic carbocycles. The Hall–Kier alpha value is -0.0500. The third kappa shape index (κ3) is 2.81. The fourth-order valence-corrected chi connectivity index (χ4v) is 2.23. The summed E-state index contributed by atoms with van der Waals surface area (Å²) in [6.07, 6.45) is 4.83. The summed E-state index contributed by atoms with van der Waals surface area (Å²) in [7, 11) is 0. The van der Waals surface area contributed by atoms with Gasteiger partial charge in [0, 0.05) is 17.8 Å². The lowest BCUT2D eigenvalue weighted by molar-refractivity contribution is -0.119. The highest BCUT2D eigenvalue weighted by Gasteiger charge is 2.22. The van der Waals surface area contributed by atoms with Crippen molar-refractivity contribution >= 4 is 21.8 Å². The molecule has 0 heterocycles. The lowest BCUT2D eigenvalue weighted by Gasteiger charge is -2.27. The highest BCUT2D eigenvalue weighted by Crippen LogP contribution is 2.24. The first-order chi connectivity index (χ1) is 5.20. The number of nitrogens with one attached hydrogen (secondary N) is 1. The molecule has 0 spiro atoms. The molecular formula is C8H14BrNO. The summed E-state index contributed by atoms with van der Waals surface area (Å²) in [4.78, 5) is 11.2. The Balaban J connectivity index is 2.35. The van der Waals surface area contributed by atoms with Crippen LogP contribution >= 0.6 is 15.9 Å². The summed E-state index contributed by atoms with van der Waals surface area (Å²) in [5.41, 5.74) is 0. The second-order valence-electron chi connectivity index (χ2n) is 3.11. The highest BCUT2D eigenvalue weighted by atomic mass is 79.9. The van der Waals surface area contributed by atoms with E-state index in [1.165, 1.54) is 19.3 Å². The quantitative estimate of drug-likeness (QED) is 0.671. The first-order valence-electron chi connectivity index (χ1n) is 4.11. The minimum Gasteiger partial charge on any atom is -0.352 e. The maximum atomic E-state index is 10.7. The fraction of sp³-hybridized carbons (Fsp3) is 0.875. The summed E-state index contributed by atoms with van der Waals surface area (Å²) in [6.45, 7) is 1.58. The molecule has 0 aromatic carbocycles. The van der Waals surface area contributed by atoms with Gasteiger partial charge in [-0.15, -0.1) is 0 Å². The van der Waals surface area contributed by atoms with Crippen LogP contribution in [0, 0.1) is 0 Å². The normalized spacial score (nSPS) is 31.5. The van der Waals surface area contributed by atoms with E-state index in [0.717, 1.165) is 6.42 Å². The lowest BCUT2D eigenvalue weighted by atomic mass is 9.95. The van der Waals surface area contributed by atoms with Gasteiger partial charge in [-0.3, -0.25) is 4.79 Å². The van der Waals surface area contributed by atoms with E-state index in [2.05, 4.69) is 21.2 Å². The van der Waals surface area contributed by atoms with E-state index in [-0.39, 0.29) is 5.91 Å². The van der Waals surface area contributed by atoms with Gasteiger partial charge < -0.3 is 5.32 Å². The highest BCUT2D eigenvalue weighted by molar-refractivity contribution is 9.09. The number of hydrogen-bond acceptors (Lipinski definition) is 1. The third-order valence-electron chi connectivity index (χ3n) is 2.07. The average molecular weight is 220 g/mol. The van der Waals surface area contributed by atoms with Gasteiger partial charge in [0.25, 0.3) is 0 Å². The van der Waals surface area contributed by atoms with Gasteiger partial charge in [0.1, 0.15) is 0 Å². The van der Waals surface area contributed by atoms with E-state index in [4.69, 9.17) is 0 Å². The van der Waals surface area contributed by atoms with Crippen molar-refractivity contribution in [3.8, 4) is 0 Å². The van der Waals surface area contributed by atoms with E-state index in [1.807, 2.05) is 0 Å². The smallest absolute Gasteiger partial charge is 0.217 e. The summed E-state index contributed by atoms with van der Waals surface area (Å²) < 4.78 is 0. The number of hydrogen-bond donors (Lipinski definition) is 1. The fourth-order valence-electron chi connectivity index (χ4n) is 1.51. The predicted octanol–water partition coefficient (Wildman–Crippen LogP) is 1.83. The van der Waals surface area contributed by atoms with Crippen LogP contribution in [0.25, 0.3) is 0 Å². The van der Waals surface area contributed by atoms with Gasteiger partial charge in [0.15, 0.2) is 0 Å². The molecule has 1 aliphatic rings. The number of rotatable bonds is 1. The Bertz CT molecular complexity index is 149. The number of amides is 1. The lowest BCUT2D eigenvalue weighted by Crippen LogP contribution is -2.41. The average Bonchev–Trinajstić information content (AvgIpc) is 1.93. The van der Waals surface area contributed by atoms with Crippen LogP contribution in [0.1, 0.15) is 32.6 Å². The molecule has 0 aromatic rings. The van der Waals surface area contributed by atoms with Crippen molar-refractivity contribution < 1.29 is 4.79 Å². The molecule has 64 valence electrons. The molecule has 0 aromatic heterocycles. The van der Waals surface area contributed by atoms with E-state index in [0.29, 0.717) is 10.9 Å². The summed E-state index contributed by atoms with van der Waals surface area (Å²) in [5.74, 6) is 0.0846. The van der Waals surface area contributed by atoms with Gasteiger partial charge in [-0.25, -0.2) is 0 Å². The largest absolute Gasteiger partial charge is 0.352 e. The van der Waals surface area contributed by atoms with Crippen molar-refractivity contribution in [2.45, 2.75) is 43.5 Å². The zero-order valence-electron chi connectivity index (χ0n) is 6.77. The van der Waals surface area contributed by atoms with Crippen molar-refractivity contribution in [3.05, 3.63) is 0 Å². The van der Waals surface area contributed by atoms with Gasteiger partial charge in [0.2, 0.25) is 5.91 Å². The van der Waals surface area contributed by atoms with Gasteiger partial charge >= 0.3 is 0 Å². The third-order valence-corrected chi connectivity index (χ3v) is 3.17. The van der Waals surface area contributed by atoms with E-state index in [9.17, 15) is 4.79 Å². The minimum atomic E-state index is 0.0846. The molecule has 0 aliphatic heterocycles. The van der Waals surface area contributed by atoms with Crippen LogP contribution in [0.2, 0.25) is 0 Å². The Morgan fingerprint density at radius 1 is 1.45 bits per heavy atom. The van der Waals surface area contributed by atoms with Crippen LogP contribution in [0.3, 0.4) is 0 Å². The molecule has 0 bridgehead atoms. The summed E-state index contributed by atoms with van der Waals surface area (Å²) >= 11 is 3.57. The van der Waals surface area contributed by atoms with Crippen LogP contribution in [-0.2, 0) is 4.79 Å². The zero-order chi connectivity index (χ0) is 8.27. The summed E-state index contributed by atoms with van der Waals surface area (Å²) in [5, 5.41) is 2.95. The predicted molar refractivity (Wildman–Crippen MR) is 48.8 cm³/mol. The summed E-state index contributed by atoms with van der Waals surface area (Å²) in [6, 6.07) is 0.362. The Labute approximate surface area is 75.9 Å². The number of halogens is 1.